The van der Waals surface area contributed by atoms with Gasteiger partial charge in [0.05, 0.1) is 6.61 Å². The summed E-state index contributed by atoms with van der Waals surface area (Å²) in [6.07, 6.45) is 0. The van der Waals surface area contributed by atoms with Gasteiger partial charge >= 0.3 is 5.97 Å². The normalized spacial score (nSPS) is 9.82. The second-order valence-corrected chi connectivity index (χ2v) is 3.79. The molecule has 92 valence electrons. The summed E-state index contributed by atoms with van der Waals surface area (Å²) in [5, 5.41) is 2.52. The van der Waals surface area contributed by atoms with Crippen LogP contribution in [-0.2, 0) is 9.53 Å². The highest BCUT2D eigenvalue weighted by molar-refractivity contribution is 5.96. The number of carbonyl (C=O) groups is 2. The van der Waals surface area contributed by atoms with E-state index in [1.165, 1.54) is 0 Å². The molecule has 0 saturated carbocycles. The Bertz CT molecular complexity index is 427. The van der Waals surface area contributed by atoms with Crippen molar-refractivity contribution in [3.05, 3.63) is 34.9 Å². The molecule has 0 spiro atoms. The number of carbonyl (C=O) groups excluding carboxylic acids is 2. The first-order chi connectivity index (χ1) is 8.04. The molecular formula is C13H17NO3. The largest absolute Gasteiger partial charge is 0.465 e. The number of ether oxygens (including phenoxy) is 1. The van der Waals surface area contributed by atoms with Crippen LogP contribution < -0.4 is 5.32 Å². The zero-order chi connectivity index (χ0) is 12.8. The maximum atomic E-state index is 11.7. The third-order valence-corrected chi connectivity index (χ3v) is 2.47. The van der Waals surface area contributed by atoms with Crippen molar-refractivity contribution >= 4 is 11.9 Å². The summed E-state index contributed by atoms with van der Waals surface area (Å²) in [4.78, 5) is 22.8. The summed E-state index contributed by atoms with van der Waals surface area (Å²) < 4.78 is 4.72. The first-order valence-corrected chi connectivity index (χ1v) is 5.55. The molecular weight excluding hydrogens is 218 g/mol. The van der Waals surface area contributed by atoms with Crippen LogP contribution in [0.4, 0.5) is 0 Å². The van der Waals surface area contributed by atoms with Gasteiger partial charge in [0.2, 0.25) is 0 Å². The maximum Gasteiger partial charge on any atom is 0.325 e. The van der Waals surface area contributed by atoms with Crippen molar-refractivity contribution in [1.29, 1.82) is 0 Å². The molecule has 1 N–H and O–H groups in total. The zero-order valence-corrected chi connectivity index (χ0v) is 10.4. The number of hydrogen-bond donors (Lipinski definition) is 1. The number of nitrogens with one attached hydrogen (secondary N) is 1. The van der Waals surface area contributed by atoms with Crippen LogP contribution in [0, 0.1) is 13.8 Å². The smallest absolute Gasteiger partial charge is 0.325 e. The van der Waals surface area contributed by atoms with Crippen LogP contribution in [0.1, 0.15) is 28.4 Å². The van der Waals surface area contributed by atoms with Gasteiger partial charge in [0.25, 0.3) is 5.91 Å². The predicted molar refractivity (Wildman–Crippen MR) is 64.9 cm³/mol. The molecule has 0 heterocycles. The Morgan fingerprint density at radius 1 is 1.24 bits per heavy atom. The van der Waals surface area contributed by atoms with E-state index in [2.05, 4.69) is 5.32 Å². The van der Waals surface area contributed by atoms with Crippen LogP contribution in [0.3, 0.4) is 0 Å². The fourth-order valence-electron chi connectivity index (χ4n) is 1.35. The molecule has 0 aromatic heterocycles. The molecule has 0 aliphatic rings. The van der Waals surface area contributed by atoms with E-state index in [0.29, 0.717) is 12.2 Å². The minimum absolute atomic E-state index is 0.0976. The molecule has 4 nitrogen and oxygen atoms in total. The van der Waals surface area contributed by atoms with Gasteiger partial charge in [-0.3, -0.25) is 9.59 Å². The van der Waals surface area contributed by atoms with E-state index in [-0.39, 0.29) is 12.5 Å². The Hall–Kier alpha value is -1.84. The van der Waals surface area contributed by atoms with Crippen molar-refractivity contribution in [2.75, 3.05) is 13.2 Å². The highest BCUT2D eigenvalue weighted by Gasteiger charge is 2.08. The number of amides is 1. The van der Waals surface area contributed by atoms with E-state index in [1.54, 1.807) is 19.1 Å². The highest BCUT2D eigenvalue weighted by atomic mass is 16.5. The molecule has 0 bridgehead atoms. The maximum absolute atomic E-state index is 11.7. The first kappa shape index (κ1) is 13.2. The second-order valence-electron chi connectivity index (χ2n) is 3.79. The molecule has 17 heavy (non-hydrogen) atoms. The first-order valence-electron chi connectivity index (χ1n) is 5.55. The standard InChI is InChI=1S/C13H17NO3/c1-4-17-12(15)8-14-13(16)11-6-5-9(2)10(3)7-11/h5-7H,4,8H2,1-3H3,(H,14,16). The van der Waals surface area contributed by atoms with Crippen molar-refractivity contribution in [3.8, 4) is 0 Å². The van der Waals surface area contributed by atoms with Gasteiger partial charge in [-0.2, -0.15) is 0 Å². The van der Waals surface area contributed by atoms with Crippen LogP contribution in [0.25, 0.3) is 0 Å². The Labute approximate surface area is 101 Å². The van der Waals surface area contributed by atoms with Gasteiger partial charge < -0.3 is 10.1 Å². The number of hydrogen-bond acceptors (Lipinski definition) is 3. The van der Waals surface area contributed by atoms with Crippen molar-refractivity contribution in [2.45, 2.75) is 20.8 Å². The van der Waals surface area contributed by atoms with Crippen LogP contribution in [-0.4, -0.2) is 25.0 Å². The van der Waals surface area contributed by atoms with Crippen LogP contribution in [0.5, 0.6) is 0 Å². The highest BCUT2D eigenvalue weighted by Crippen LogP contribution is 2.09. The monoisotopic (exact) mass is 235 g/mol. The fourth-order valence-corrected chi connectivity index (χ4v) is 1.35. The molecule has 0 aliphatic heterocycles. The van der Waals surface area contributed by atoms with Gasteiger partial charge in [0.15, 0.2) is 0 Å². The molecule has 1 amide bonds. The van der Waals surface area contributed by atoms with Crippen molar-refractivity contribution in [2.24, 2.45) is 0 Å². The van der Waals surface area contributed by atoms with Gasteiger partial charge in [0.1, 0.15) is 6.54 Å². The molecule has 0 radical (unpaired) electrons. The molecule has 1 rings (SSSR count). The van der Waals surface area contributed by atoms with Gasteiger partial charge in [0, 0.05) is 5.56 Å². The number of benzene rings is 1. The van der Waals surface area contributed by atoms with E-state index >= 15 is 0 Å². The molecule has 0 saturated heterocycles. The van der Waals surface area contributed by atoms with E-state index in [0.717, 1.165) is 11.1 Å². The molecule has 1 aromatic carbocycles. The average Bonchev–Trinajstić information content (AvgIpc) is 2.30. The summed E-state index contributed by atoms with van der Waals surface area (Å²) in [5.74, 6) is -0.689. The lowest BCUT2D eigenvalue weighted by Gasteiger charge is -2.06. The van der Waals surface area contributed by atoms with Gasteiger partial charge in [-0.15, -0.1) is 0 Å². The molecule has 1 aromatic rings. The molecule has 0 fully saturated rings. The molecule has 0 aliphatic carbocycles. The van der Waals surface area contributed by atoms with E-state index in [9.17, 15) is 9.59 Å². The summed E-state index contributed by atoms with van der Waals surface area (Å²) in [6.45, 7) is 5.87. The average molecular weight is 235 g/mol. The SMILES string of the molecule is CCOC(=O)CNC(=O)c1ccc(C)c(C)c1. The summed E-state index contributed by atoms with van der Waals surface area (Å²) in [5.41, 5.74) is 2.73. The lowest BCUT2D eigenvalue weighted by atomic mass is 10.1. The van der Waals surface area contributed by atoms with Crippen molar-refractivity contribution < 1.29 is 14.3 Å². The molecule has 0 atom stereocenters. The zero-order valence-electron chi connectivity index (χ0n) is 10.4. The predicted octanol–water partition coefficient (Wildman–Crippen LogP) is 1.60. The van der Waals surface area contributed by atoms with Crippen LogP contribution in [0.15, 0.2) is 18.2 Å². The summed E-state index contributed by atoms with van der Waals surface area (Å²) >= 11 is 0. The minimum atomic E-state index is -0.426. The third-order valence-electron chi connectivity index (χ3n) is 2.47. The van der Waals surface area contributed by atoms with Gasteiger partial charge in [-0.25, -0.2) is 0 Å². The lowest BCUT2D eigenvalue weighted by Crippen LogP contribution is -2.30. The molecule has 4 heteroatoms. The van der Waals surface area contributed by atoms with Gasteiger partial charge in [-0.1, -0.05) is 6.07 Å². The van der Waals surface area contributed by atoms with Crippen molar-refractivity contribution in [1.82, 2.24) is 5.32 Å². The Morgan fingerprint density at radius 3 is 2.53 bits per heavy atom. The Balaban J connectivity index is 2.58. The Morgan fingerprint density at radius 2 is 1.94 bits per heavy atom. The molecule has 0 unspecified atom stereocenters. The Kier molecular flexibility index (Phi) is 4.69. The number of esters is 1. The van der Waals surface area contributed by atoms with E-state index < -0.39 is 5.97 Å². The van der Waals surface area contributed by atoms with Crippen LogP contribution >= 0.6 is 0 Å². The number of rotatable bonds is 4. The second kappa shape index (κ2) is 6.03. The summed E-state index contributed by atoms with van der Waals surface area (Å²) in [7, 11) is 0. The quantitative estimate of drug-likeness (QED) is 0.806. The van der Waals surface area contributed by atoms with Gasteiger partial charge in [-0.05, 0) is 44.0 Å². The minimum Gasteiger partial charge on any atom is -0.465 e. The topological polar surface area (TPSA) is 55.4 Å². The lowest BCUT2D eigenvalue weighted by molar-refractivity contribution is -0.141. The van der Waals surface area contributed by atoms with E-state index in [4.69, 9.17) is 4.74 Å². The number of aryl methyl sites for hydroxylation is 2. The van der Waals surface area contributed by atoms with E-state index in [1.807, 2.05) is 19.9 Å². The summed E-state index contributed by atoms with van der Waals surface area (Å²) in [6, 6.07) is 5.42. The van der Waals surface area contributed by atoms with Crippen LogP contribution in [0.2, 0.25) is 0 Å². The van der Waals surface area contributed by atoms with Crippen molar-refractivity contribution in [3.63, 3.8) is 0 Å². The third kappa shape index (κ3) is 3.90. The fraction of sp³-hybridized carbons (Fsp3) is 0.385.